The second-order valence-corrected chi connectivity index (χ2v) is 10.6. The lowest BCUT2D eigenvalue weighted by molar-refractivity contribution is -0.155. The molecule has 8 nitrogen and oxygen atoms in total. The fourth-order valence-corrected chi connectivity index (χ4v) is 3.93. The number of nitrogens with one attached hydrogen (secondary N) is 1. The first-order chi connectivity index (χ1) is 15.3. The van der Waals surface area contributed by atoms with Crippen LogP contribution in [0.4, 0.5) is 5.69 Å². The van der Waals surface area contributed by atoms with E-state index in [4.69, 9.17) is 9.47 Å². The van der Waals surface area contributed by atoms with Gasteiger partial charge in [-0.1, -0.05) is 30.3 Å². The topological polar surface area (TPSA) is 104 Å². The van der Waals surface area contributed by atoms with Crippen molar-refractivity contribution in [2.24, 2.45) is 0 Å². The van der Waals surface area contributed by atoms with E-state index < -0.39 is 21.6 Å². The molecule has 0 aliphatic rings. The van der Waals surface area contributed by atoms with Crippen LogP contribution < -0.4 is 9.46 Å². The van der Waals surface area contributed by atoms with Gasteiger partial charge >= 0.3 is 5.97 Å². The number of rotatable bonds is 8. The number of carbonyl (C=O) groups is 2. The van der Waals surface area contributed by atoms with Gasteiger partial charge in [0.2, 0.25) is 10.0 Å². The van der Waals surface area contributed by atoms with Crippen molar-refractivity contribution >= 4 is 38.4 Å². The Balaban J connectivity index is 2.09. The third-order valence-electron chi connectivity index (χ3n) is 4.61. The molecule has 0 spiro atoms. The fraction of sp³-hybridized carbons (Fsp3) is 0.333. The molecule has 176 valence electrons. The van der Waals surface area contributed by atoms with E-state index in [1.807, 2.05) is 30.3 Å². The lowest BCUT2D eigenvalue weighted by Crippen LogP contribution is -2.26. The van der Waals surface area contributed by atoms with Crippen molar-refractivity contribution in [2.75, 3.05) is 11.0 Å². The summed E-state index contributed by atoms with van der Waals surface area (Å²) < 4.78 is 39.4. The molecule has 1 heterocycles. The van der Waals surface area contributed by atoms with Crippen LogP contribution in [0, 0.1) is 0 Å². The third-order valence-corrected chi connectivity index (χ3v) is 5.20. The van der Waals surface area contributed by atoms with Crippen molar-refractivity contribution in [3.8, 4) is 5.75 Å². The Morgan fingerprint density at radius 1 is 1.09 bits per heavy atom. The molecule has 0 amide bonds. The first kappa shape index (κ1) is 24.3. The van der Waals surface area contributed by atoms with E-state index in [9.17, 15) is 18.0 Å². The maximum atomic E-state index is 12.5. The van der Waals surface area contributed by atoms with Gasteiger partial charge in [0.1, 0.15) is 24.5 Å². The van der Waals surface area contributed by atoms with Gasteiger partial charge in [-0.05, 0) is 39.3 Å². The van der Waals surface area contributed by atoms with Crippen molar-refractivity contribution < 1.29 is 27.5 Å². The van der Waals surface area contributed by atoms with Crippen molar-refractivity contribution in [3.05, 3.63) is 59.8 Å². The number of ether oxygens (including phenoxy) is 2. The summed E-state index contributed by atoms with van der Waals surface area (Å²) in [7, 11) is -3.61. The van der Waals surface area contributed by atoms with E-state index in [-0.39, 0.29) is 30.4 Å². The quantitative estimate of drug-likeness (QED) is 0.390. The molecule has 0 radical (unpaired) electrons. The number of anilines is 1. The average Bonchev–Trinajstić information content (AvgIpc) is 3.01. The molecule has 33 heavy (non-hydrogen) atoms. The summed E-state index contributed by atoms with van der Waals surface area (Å²) >= 11 is 0. The largest absolute Gasteiger partial charge is 0.487 e. The fourth-order valence-electron chi connectivity index (χ4n) is 3.38. The van der Waals surface area contributed by atoms with E-state index in [2.05, 4.69) is 4.72 Å². The van der Waals surface area contributed by atoms with E-state index in [1.165, 1.54) is 6.92 Å². The van der Waals surface area contributed by atoms with Gasteiger partial charge in [-0.2, -0.15) is 0 Å². The number of fused-ring (bicyclic) bond motifs is 1. The highest BCUT2D eigenvalue weighted by molar-refractivity contribution is 7.92. The smallest absolute Gasteiger partial charge is 0.326 e. The highest BCUT2D eigenvalue weighted by Crippen LogP contribution is 2.35. The van der Waals surface area contributed by atoms with Crippen molar-refractivity contribution in [3.63, 3.8) is 0 Å². The zero-order valence-electron chi connectivity index (χ0n) is 19.3. The highest BCUT2D eigenvalue weighted by Gasteiger charge is 2.21. The monoisotopic (exact) mass is 472 g/mol. The molecule has 0 saturated heterocycles. The minimum absolute atomic E-state index is 0.113. The minimum Gasteiger partial charge on any atom is -0.487 e. The summed E-state index contributed by atoms with van der Waals surface area (Å²) in [6, 6.07) is 12.6. The Bertz CT molecular complexity index is 1290. The molecule has 0 aliphatic carbocycles. The van der Waals surface area contributed by atoms with Crippen molar-refractivity contribution in [1.82, 2.24) is 4.57 Å². The molecule has 0 bridgehead atoms. The Morgan fingerprint density at radius 3 is 2.33 bits per heavy atom. The van der Waals surface area contributed by atoms with Crippen molar-refractivity contribution in [2.45, 2.75) is 46.4 Å². The lowest BCUT2D eigenvalue weighted by Gasteiger charge is -2.20. The molecule has 1 N–H and O–H groups in total. The molecule has 1 aromatic heterocycles. The number of esters is 1. The zero-order chi connectivity index (χ0) is 24.4. The predicted molar refractivity (Wildman–Crippen MR) is 127 cm³/mol. The number of hydrogen-bond donors (Lipinski definition) is 1. The number of carbonyl (C=O) groups excluding carboxylic acids is 2. The van der Waals surface area contributed by atoms with Gasteiger partial charge in [0.15, 0.2) is 5.78 Å². The Kier molecular flexibility index (Phi) is 6.83. The number of nitrogens with zero attached hydrogens (tertiary/aromatic N) is 1. The van der Waals surface area contributed by atoms with Crippen LogP contribution in [0.1, 0.15) is 43.6 Å². The van der Waals surface area contributed by atoms with Crippen LogP contribution in [0.2, 0.25) is 0 Å². The number of sulfonamides is 1. The summed E-state index contributed by atoms with van der Waals surface area (Å²) in [6.45, 7) is 6.83. The average molecular weight is 473 g/mol. The molecule has 0 atom stereocenters. The molecule has 0 fully saturated rings. The molecule has 9 heteroatoms. The number of hydrogen-bond acceptors (Lipinski definition) is 6. The van der Waals surface area contributed by atoms with E-state index >= 15 is 0 Å². The van der Waals surface area contributed by atoms with Gasteiger partial charge in [-0.15, -0.1) is 0 Å². The van der Waals surface area contributed by atoms with E-state index in [0.29, 0.717) is 16.5 Å². The standard InChI is InChI=1S/C24H28N2O6S/c1-16(27)19-13-26(14-23(28)32-24(2,3)4)21-12-22(31-15-17-9-7-6-8-10-17)20(11-18(19)21)25-33(5,29)30/h6-13,25H,14-15H2,1-5H3. The molecular weight excluding hydrogens is 444 g/mol. The second-order valence-electron chi connectivity index (χ2n) is 8.83. The molecular formula is C24H28N2O6S. The molecule has 0 aliphatic heterocycles. The molecule has 0 unspecified atom stereocenters. The van der Waals surface area contributed by atoms with Crippen LogP contribution in [0.5, 0.6) is 5.75 Å². The normalized spacial score (nSPS) is 11.9. The highest BCUT2D eigenvalue weighted by atomic mass is 32.2. The zero-order valence-corrected chi connectivity index (χ0v) is 20.2. The molecule has 0 saturated carbocycles. The van der Waals surface area contributed by atoms with Crippen LogP contribution in [-0.4, -0.2) is 36.6 Å². The van der Waals surface area contributed by atoms with E-state index in [0.717, 1.165) is 11.8 Å². The van der Waals surface area contributed by atoms with Crippen LogP contribution in [0.25, 0.3) is 10.9 Å². The first-order valence-electron chi connectivity index (χ1n) is 10.4. The summed E-state index contributed by atoms with van der Waals surface area (Å²) in [6.07, 6.45) is 2.61. The van der Waals surface area contributed by atoms with Crippen molar-refractivity contribution in [1.29, 1.82) is 0 Å². The van der Waals surface area contributed by atoms with Gasteiger partial charge in [0.05, 0.1) is 17.5 Å². The van der Waals surface area contributed by atoms with Crippen LogP contribution >= 0.6 is 0 Å². The summed E-state index contributed by atoms with van der Waals surface area (Å²) in [5.41, 5.74) is 1.36. The van der Waals surface area contributed by atoms with Gasteiger partial charge in [0, 0.05) is 23.2 Å². The summed E-state index contributed by atoms with van der Waals surface area (Å²) in [5.74, 6) is -0.402. The van der Waals surface area contributed by atoms with Gasteiger partial charge < -0.3 is 14.0 Å². The Morgan fingerprint density at radius 2 is 1.76 bits per heavy atom. The molecule has 3 aromatic rings. The van der Waals surface area contributed by atoms with E-state index in [1.54, 1.807) is 43.7 Å². The minimum atomic E-state index is -3.61. The second kappa shape index (κ2) is 9.27. The first-order valence-corrected chi connectivity index (χ1v) is 12.3. The number of benzene rings is 2. The Labute approximate surface area is 193 Å². The van der Waals surface area contributed by atoms with Gasteiger partial charge in [0.25, 0.3) is 0 Å². The van der Waals surface area contributed by atoms with Crippen LogP contribution in [-0.2, 0) is 32.7 Å². The summed E-state index contributed by atoms with van der Waals surface area (Å²) in [5, 5.41) is 0.504. The number of ketones is 1. The SMILES string of the molecule is CC(=O)c1cn(CC(=O)OC(C)(C)C)c2cc(OCc3ccccc3)c(NS(C)(=O)=O)cc12. The molecule has 2 aromatic carbocycles. The van der Waals surface area contributed by atoms with Crippen LogP contribution in [0.3, 0.4) is 0 Å². The van der Waals surface area contributed by atoms with Gasteiger partial charge in [-0.3, -0.25) is 14.3 Å². The number of aromatic nitrogens is 1. The molecule has 3 rings (SSSR count). The maximum absolute atomic E-state index is 12.5. The number of Topliss-reactive ketones (excluding diaryl/α,β-unsaturated/α-hetero) is 1. The Hall–Kier alpha value is -3.33. The van der Waals surface area contributed by atoms with Crippen LogP contribution in [0.15, 0.2) is 48.7 Å². The summed E-state index contributed by atoms with van der Waals surface area (Å²) in [4.78, 5) is 24.7. The third kappa shape index (κ3) is 6.58. The lowest BCUT2D eigenvalue weighted by atomic mass is 10.1. The maximum Gasteiger partial charge on any atom is 0.326 e. The predicted octanol–water partition coefficient (Wildman–Crippen LogP) is 4.14. The van der Waals surface area contributed by atoms with Gasteiger partial charge in [-0.25, -0.2) is 8.42 Å².